The predicted molar refractivity (Wildman–Crippen MR) is 211 cm³/mol. The molecule has 0 aromatic heterocycles. The van der Waals surface area contributed by atoms with E-state index in [2.05, 4.69) is 35.1 Å². The van der Waals surface area contributed by atoms with Crippen molar-refractivity contribution in [3.05, 3.63) is 48.5 Å². The molecule has 284 valence electrons. The number of benzene rings is 2. The predicted octanol–water partition coefficient (Wildman–Crippen LogP) is 9.69. The zero-order valence-corrected chi connectivity index (χ0v) is 35.0. The van der Waals surface area contributed by atoms with Crippen LogP contribution in [0.5, 0.6) is 0 Å². The van der Waals surface area contributed by atoms with Gasteiger partial charge in [0.05, 0.1) is 22.7 Å². The number of hydrogen-bond acceptors (Lipinski definition) is 10. The van der Waals surface area contributed by atoms with Crippen molar-refractivity contribution in [2.45, 2.75) is 165 Å². The second-order valence-electron chi connectivity index (χ2n) is 14.0. The Morgan fingerprint density at radius 2 is 0.647 bits per heavy atom. The van der Waals surface area contributed by atoms with Crippen LogP contribution in [0.2, 0.25) is 0 Å². The van der Waals surface area contributed by atoms with Crippen molar-refractivity contribution in [1.29, 1.82) is 0 Å². The van der Waals surface area contributed by atoms with Crippen molar-refractivity contribution in [1.82, 2.24) is 0 Å². The standard InChI is InChI=1S/2C19H32N2O3S.Ca/c2*1-2-3-4-5-6-7-8-9-10-13-16-19(25(22,23)24)20-17-14-11-12-15-18(17)21-19;/h2*11-12,14-15,20-21H,2-10,13,16H2,1H3,(H,22,23,24);/q;;+2/p-2. The smallest absolute Gasteiger partial charge is 0.745 e. The van der Waals surface area contributed by atoms with Crippen molar-refractivity contribution in [2.24, 2.45) is 0 Å². The fraction of sp³-hybridized carbons (Fsp3) is 0.684. The normalized spacial score (nSPS) is 15.1. The molecule has 2 heterocycles. The van der Waals surface area contributed by atoms with E-state index in [1.807, 2.05) is 24.3 Å². The molecule has 2 aromatic carbocycles. The third kappa shape index (κ3) is 14.8. The summed E-state index contributed by atoms with van der Waals surface area (Å²) in [6.07, 6.45) is 24.0. The van der Waals surface area contributed by atoms with E-state index in [1.54, 1.807) is 24.3 Å². The number of rotatable bonds is 24. The minimum absolute atomic E-state index is 0. The van der Waals surface area contributed by atoms with Crippen LogP contribution in [0.3, 0.4) is 0 Å². The maximum absolute atomic E-state index is 11.8. The van der Waals surface area contributed by atoms with Crippen LogP contribution in [-0.2, 0) is 20.2 Å². The Hall–Kier alpha value is -1.28. The summed E-state index contributed by atoms with van der Waals surface area (Å²) >= 11 is 0. The van der Waals surface area contributed by atoms with Gasteiger partial charge in [-0.3, -0.25) is 0 Å². The zero-order chi connectivity index (χ0) is 36.4. The largest absolute Gasteiger partial charge is 2.00 e. The van der Waals surface area contributed by atoms with Crippen molar-refractivity contribution in [3.8, 4) is 0 Å². The van der Waals surface area contributed by atoms with Gasteiger partial charge >= 0.3 is 37.7 Å². The molecule has 0 amide bonds. The van der Waals surface area contributed by atoms with Crippen LogP contribution in [0, 0.1) is 0 Å². The van der Waals surface area contributed by atoms with E-state index in [0.29, 0.717) is 35.6 Å². The summed E-state index contributed by atoms with van der Waals surface area (Å²) in [5.41, 5.74) is 2.70. The Morgan fingerprint density at radius 1 is 0.431 bits per heavy atom. The summed E-state index contributed by atoms with van der Waals surface area (Å²) in [4.78, 5) is -3.20. The summed E-state index contributed by atoms with van der Waals surface area (Å²) in [7, 11) is -9.03. The zero-order valence-electron chi connectivity index (χ0n) is 31.1. The molecule has 0 fully saturated rings. The monoisotopic (exact) mass is 774 g/mol. The Morgan fingerprint density at radius 3 is 0.863 bits per heavy atom. The first-order valence-corrected chi connectivity index (χ1v) is 22.0. The number of nitrogens with one attached hydrogen (secondary N) is 4. The van der Waals surface area contributed by atoms with Gasteiger partial charge in [0.15, 0.2) is 0 Å². The molecule has 2 aromatic rings. The third-order valence-electron chi connectivity index (χ3n) is 9.82. The molecule has 0 spiro atoms. The second-order valence-corrected chi connectivity index (χ2v) is 17.2. The first kappa shape index (κ1) is 45.9. The maximum Gasteiger partial charge on any atom is 2.00 e. The number of unbranched alkanes of at least 4 members (excludes halogenated alkanes) is 18. The molecule has 13 heteroatoms. The van der Waals surface area contributed by atoms with Gasteiger partial charge in [0, 0.05) is 12.8 Å². The summed E-state index contributed by atoms with van der Waals surface area (Å²) < 4.78 is 71.0. The van der Waals surface area contributed by atoms with Gasteiger partial charge in [-0.25, -0.2) is 16.8 Å². The molecule has 0 aliphatic carbocycles. The van der Waals surface area contributed by atoms with Crippen LogP contribution >= 0.6 is 0 Å². The fourth-order valence-corrected chi connectivity index (χ4v) is 8.54. The molecular weight excluding hydrogens is 713 g/mol. The molecule has 0 saturated carbocycles. The number of para-hydroxylation sites is 4. The molecule has 4 N–H and O–H groups in total. The second kappa shape index (κ2) is 23.5. The average molecular weight is 775 g/mol. The number of fused-ring (bicyclic) bond motifs is 2. The fourth-order valence-electron chi connectivity index (χ4n) is 6.81. The van der Waals surface area contributed by atoms with Gasteiger partial charge in [-0.15, -0.1) is 0 Å². The van der Waals surface area contributed by atoms with Gasteiger partial charge in [-0.05, 0) is 37.1 Å². The van der Waals surface area contributed by atoms with E-state index in [0.717, 1.165) is 25.7 Å². The Kier molecular flexibility index (Phi) is 21.1. The first-order chi connectivity index (χ1) is 24.0. The van der Waals surface area contributed by atoms with E-state index in [9.17, 15) is 25.9 Å². The molecular formula is C38H62CaN4O6S2. The summed E-state index contributed by atoms with van der Waals surface area (Å²) in [5, 5.41) is 11.6. The van der Waals surface area contributed by atoms with E-state index in [4.69, 9.17) is 0 Å². The number of anilines is 4. The van der Waals surface area contributed by atoms with Crippen LogP contribution in [0.15, 0.2) is 48.5 Å². The van der Waals surface area contributed by atoms with Gasteiger partial charge in [0.1, 0.15) is 20.2 Å². The van der Waals surface area contributed by atoms with Gasteiger partial charge < -0.3 is 30.4 Å². The van der Waals surface area contributed by atoms with Crippen LogP contribution in [-0.4, -0.2) is 73.7 Å². The Bertz CT molecular complexity index is 1330. The van der Waals surface area contributed by atoms with E-state index in [-0.39, 0.29) is 50.6 Å². The molecule has 0 atom stereocenters. The third-order valence-corrected chi connectivity index (χ3v) is 12.3. The Labute approximate surface area is 339 Å². The van der Waals surface area contributed by atoms with Crippen molar-refractivity contribution >= 4 is 80.7 Å². The van der Waals surface area contributed by atoms with E-state index < -0.39 is 30.2 Å². The molecule has 0 unspecified atom stereocenters. The van der Waals surface area contributed by atoms with Gasteiger partial charge in [0.25, 0.3) is 0 Å². The maximum atomic E-state index is 11.8. The summed E-state index contributed by atoms with van der Waals surface area (Å²) in [6, 6.07) is 14.4. The van der Waals surface area contributed by atoms with Crippen LogP contribution in [0.4, 0.5) is 22.7 Å². The Balaban J connectivity index is 0.000000347. The quantitative estimate of drug-likeness (QED) is 0.0459. The minimum Gasteiger partial charge on any atom is -0.745 e. The number of hydrogen-bond donors (Lipinski definition) is 4. The van der Waals surface area contributed by atoms with E-state index in [1.165, 1.54) is 89.9 Å². The average Bonchev–Trinajstić information content (AvgIpc) is 3.67. The van der Waals surface area contributed by atoms with Crippen LogP contribution in [0.25, 0.3) is 0 Å². The topological polar surface area (TPSA) is 163 Å². The van der Waals surface area contributed by atoms with Crippen molar-refractivity contribution in [2.75, 3.05) is 21.3 Å². The summed E-state index contributed by atoms with van der Waals surface area (Å²) in [5.74, 6) is 0. The molecule has 51 heavy (non-hydrogen) atoms. The van der Waals surface area contributed by atoms with Crippen LogP contribution < -0.4 is 21.3 Å². The molecule has 10 nitrogen and oxygen atoms in total. The molecule has 2 aliphatic heterocycles. The minimum atomic E-state index is -4.51. The van der Waals surface area contributed by atoms with Crippen molar-refractivity contribution < 1.29 is 25.9 Å². The first-order valence-electron chi connectivity index (χ1n) is 19.2. The van der Waals surface area contributed by atoms with Gasteiger partial charge in [0.2, 0.25) is 9.99 Å². The SMILES string of the molecule is CCCCCCCCCCCCC1(S(=O)(=O)[O-])Nc2ccccc2N1.CCCCCCCCCCCCC1(S(=O)(=O)[O-])Nc2ccccc2N1.[Ca+2]. The van der Waals surface area contributed by atoms with Crippen LogP contribution in [0.1, 0.15) is 155 Å². The van der Waals surface area contributed by atoms with Gasteiger partial charge in [-0.1, -0.05) is 154 Å². The van der Waals surface area contributed by atoms with E-state index >= 15 is 0 Å². The molecule has 4 rings (SSSR count). The molecule has 0 radical (unpaired) electrons. The van der Waals surface area contributed by atoms with Crippen molar-refractivity contribution in [3.63, 3.8) is 0 Å². The summed E-state index contributed by atoms with van der Waals surface area (Å²) in [6.45, 7) is 4.45. The van der Waals surface area contributed by atoms with Gasteiger partial charge in [-0.2, -0.15) is 0 Å². The molecule has 0 bridgehead atoms. The molecule has 2 aliphatic rings. The molecule has 0 saturated heterocycles.